The number of rotatable bonds is 10. The number of amides is 3. The molecule has 12 nitrogen and oxygen atoms in total. The summed E-state index contributed by atoms with van der Waals surface area (Å²) in [7, 11) is 2.80. The molecule has 0 bridgehead atoms. The van der Waals surface area contributed by atoms with Gasteiger partial charge < -0.3 is 19.1 Å². The molecule has 3 aromatic carbocycles. The standard InChI is InChI=1S/C31H29N3O9/c1-4-43-24(35)17-32-30(37)28-25(18-8-6-5-7-9-18)26(29(36)19-10-13-21(41-2)14-11-19)27(33(28)31(32)38)20-12-15-23(42-3)22(16-20)34(39)40/h5-16,25-28H,4,17H2,1-3H3. The molecule has 2 heterocycles. The number of urea groups is 1. The molecule has 0 aliphatic carbocycles. The average Bonchev–Trinajstić information content (AvgIpc) is 3.49. The van der Waals surface area contributed by atoms with Gasteiger partial charge in [0.25, 0.3) is 5.91 Å². The Morgan fingerprint density at radius 3 is 2.21 bits per heavy atom. The minimum atomic E-state index is -1.16. The van der Waals surface area contributed by atoms with E-state index in [1.165, 1.54) is 31.3 Å². The molecule has 0 saturated carbocycles. The van der Waals surface area contributed by atoms with Crippen LogP contribution in [0.15, 0.2) is 72.8 Å². The second kappa shape index (κ2) is 11.9. The number of carbonyl (C=O) groups excluding carboxylic acids is 4. The highest BCUT2D eigenvalue weighted by atomic mass is 16.6. The van der Waals surface area contributed by atoms with Crippen LogP contribution in [0.4, 0.5) is 10.5 Å². The molecule has 4 atom stereocenters. The highest BCUT2D eigenvalue weighted by molar-refractivity contribution is 6.09. The molecule has 0 spiro atoms. The summed E-state index contributed by atoms with van der Waals surface area (Å²) in [4.78, 5) is 68.1. The Labute approximate surface area is 246 Å². The Balaban J connectivity index is 1.72. The number of nitro benzene ring substituents is 1. The lowest BCUT2D eigenvalue weighted by Gasteiger charge is -2.28. The van der Waals surface area contributed by atoms with Gasteiger partial charge in [0, 0.05) is 17.5 Å². The molecule has 0 radical (unpaired) electrons. The zero-order valence-electron chi connectivity index (χ0n) is 23.7. The molecule has 12 heteroatoms. The van der Waals surface area contributed by atoms with Crippen molar-refractivity contribution in [3.05, 3.63) is 99.6 Å². The zero-order valence-corrected chi connectivity index (χ0v) is 23.7. The van der Waals surface area contributed by atoms with Crippen LogP contribution in [0.5, 0.6) is 11.5 Å². The van der Waals surface area contributed by atoms with E-state index in [1.54, 1.807) is 67.6 Å². The molecular formula is C31H29N3O9. The normalized spacial score (nSPS) is 21.0. The van der Waals surface area contributed by atoms with Crippen molar-refractivity contribution in [2.45, 2.75) is 24.9 Å². The second-order valence-corrected chi connectivity index (χ2v) is 10.1. The third kappa shape index (κ3) is 5.16. The van der Waals surface area contributed by atoms with Crippen LogP contribution in [-0.4, -0.2) is 71.8 Å². The van der Waals surface area contributed by atoms with Crippen molar-refractivity contribution in [2.24, 2.45) is 5.92 Å². The van der Waals surface area contributed by atoms with E-state index in [0.29, 0.717) is 16.9 Å². The molecule has 4 unspecified atom stereocenters. The van der Waals surface area contributed by atoms with Gasteiger partial charge in [-0.25, -0.2) is 4.79 Å². The van der Waals surface area contributed by atoms with E-state index in [2.05, 4.69) is 0 Å². The van der Waals surface area contributed by atoms with E-state index >= 15 is 0 Å². The summed E-state index contributed by atoms with van der Waals surface area (Å²) in [5, 5.41) is 12.0. The van der Waals surface area contributed by atoms with Crippen LogP contribution in [-0.2, 0) is 14.3 Å². The molecule has 2 aliphatic heterocycles. The van der Waals surface area contributed by atoms with Crippen LogP contribution in [0.1, 0.15) is 40.4 Å². The van der Waals surface area contributed by atoms with Crippen LogP contribution in [0.3, 0.4) is 0 Å². The van der Waals surface area contributed by atoms with Crippen LogP contribution < -0.4 is 9.47 Å². The van der Waals surface area contributed by atoms with Crippen molar-refractivity contribution in [2.75, 3.05) is 27.4 Å². The summed E-state index contributed by atoms with van der Waals surface area (Å²) >= 11 is 0. The number of fused-ring (bicyclic) bond motifs is 1. The summed E-state index contributed by atoms with van der Waals surface area (Å²) in [6.07, 6.45) is 0. The van der Waals surface area contributed by atoms with Crippen molar-refractivity contribution < 1.29 is 38.3 Å². The maximum Gasteiger partial charge on any atom is 0.328 e. The number of Topliss-reactive ketones (excluding diaryl/α,β-unsaturated/α-hetero) is 1. The summed E-state index contributed by atoms with van der Waals surface area (Å²) < 4.78 is 15.4. The minimum Gasteiger partial charge on any atom is -0.497 e. The van der Waals surface area contributed by atoms with Gasteiger partial charge >= 0.3 is 17.7 Å². The van der Waals surface area contributed by atoms with E-state index in [4.69, 9.17) is 14.2 Å². The Morgan fingerprint density at radius 1 is 0.907 bits per heavy atom. The van der Waals surface area contributed by atoms with Gasteiger partial charge in [0.05, 0.1) is 37.7 Å². The number of hydrogen-bond acceptors (Lipinski definition) is 9. The first-order valence-corrected chi connectivity index (χ1v) is 13.6. The van der Waals surface area contributed by atoms with Crippen molar-refractivity contribution in [3.8, 4) is 11.5 Å². The van der Waals surface area contributed by atoms with E-state index in [9.17, 15) is 29.3 Å². The van der Waals surface area contributed by atoms with Crippen molar-refractivity contribution in [1.82, 2.24) is 9.80 Å². The minimum absolute atomic E-state index is 0.00583. The summed E-state index contributed by atoms with van der Waals surface area (Å²) in [5.74, 6) is -3.13. The lowest BCUT2D eigenvalue weighted by atomic mass is 9.75. The van der Waals surface area contributed by atoms with Crippen molar-refractivity contribution >= 4 is 29.4 Å². The van der Waals surface area contributed by atoms with Gasteiger partial charge in [0.1, 0.15) is 18.3 Å². The Hall–Kier alpha value is -5.26. The first kappa shape index (κ1) is 29.2. The SMILES string of the molecule is CCOC(=O)CN1C(=O)C2C(c3ccccc3)C(C(=O)c3ccc(OC)cc3)C(c3ccc(OC)c([N+](=O)[O-])c3)N2C1=O. The van der Waals surface area contributed by atoms with Crippen molar-refractivity contribution in [1.29, 1.82) is 0 Å². The maximum atomic E-state index is 14.4. The highest BCUT2D eigenvalue weighted by Crippen LogP contribution is 2.54. The molecule has 2 saturated heterocycles. The predicted octanol–water partition coefficient (Wildman–Crippen LogP) is 4.15. The molecule has 0 N–H and O–H groups in total. The molecule has 3 aromatic rings. The molecular weight excluding hydrogens is 558 g/mol. The van der Waals surface area contributed by atoms with Gasteiger partial charge in [-0.3, -0.25) is 29.4 Å². The van der Waals surface area contributed by atoms with Gasteiger partial charge in [0.15, 0.2) is 11.5 Å². The van der Waals surface area contributed by atoms with E-state index in [-0.39, 0.29) is 29.4 Å². The monoisotopic (exact) mass is 587 g/mol. The number of esters is 1. The van der Waals surface area contributed by atoms with E-state index in [0.717, 1.165) is 4.90 Å². The molecule has 2 aliphatic rings. The quantitative estimate of drug-likeness (QED) is 0.112. The van der Waals surface area contributed by atoms with Crippen LogP contribution in [0.2, 0.25) is 0 Å². The number of imide groups is 1. The third-order valence-corrected chi connectivity index (χ3v) is 7.83. The molecule has 0 aromatic heterocycles. The fourth-order valence-electron chi connectivity index (χ4n) is 6.02. The average molecular weight is 588 g/mol. The smallest absolute Gasteiger partial charge is 0.328 e. The van der Waals surface area contributed by atoms with E-state index < -0.39 is 53.3 Å². The molecule has 3 amide bonds. The number of ketones is 1. The number of ether oxygens (including phenoxy) is 3. The maximum absolute atomic E-state index is 14.4. The van der Waals surface area contributed by atoms with Gasteiger partial charge in [-0.2, -0.15) is 0 Å². The van der Waals surface area contributed by atoms with Crippen LogP contribution in [0, 0.1) is 16.0 Å². The third-order valence-electron chi connectivity index (χ3n) is 7.83. The number of nitro groups is 1. The first-order chi connectivity index (χ1) is 20.7. The Morgan fingerprint density at radius 2 is 1.60 bits per heavy atom. The summed E-state index contributed by atoms with van der Waals surface area (Å²) in [6, 6.07) is 16.4. The first-order valence-electron chi connectivity index (χ1n) is 13.6. The summed E-state index contributed by atoms with van der Waals surface area (Å²) in [5.41, 5.74) is 0.830. The number of methoxy groups -OCH3 is 2. The van der Waals surface area contributed by atoms with Gasteiger partial charge in [-0.15, -0.1) is 0 Å². The van der Waals surface area contributed by atoms with E-state index in [1.807, 2.05) is 0 Å². The van der Waals surface area contributed by atoms with Gasteiger partial charge in [-0.05, 0) is 48.4 Å². The molecule has 2 fully saturated rings. The number of nitrogens with zero attached hydrogens (tertiary/aromatic N) is 3. The topological polar surface area (TPSA) is 146 Å². The van der Waals surface area contributed by atoms with Crippen molar-refractivity contribution in [3.63, 3.8) is 0 Å². The molecule has 43 heavy (non-hydrogen) atoms. The lowest BCUT2D eigenvalue weighted by molar-refractivity contribution is -0.385. The fraction of sp³-hybridized carbons (Fsp3) is 0.290. The lowest BCUT2D eigenvalue weighted by Crippen LogP contribution is -2.41. The highest BCUT2D eigenvalue weighted by Gasteiger charge is 2.63. The van der Waals surface area contributed by atoms with Gasteiger partial charge in [-0.1, -0.05) is 36.4 Å². The fourth-order valence-corrected chi connectivity index (χ4v) is 6.02. The molecule has 222 valence electrons. The number of hydrogen-bond donors (Lipinski definition) is 0. The van der Waals surface area contributed by atoms with Crippen LogP contribution in [0.25, 0.3) is 0 Å². The van der Waals surface area contributed by atoms with Gasteiger partial charge in [0.2, 0.25) is 0 Å². The second-order valence-electron chi connectivity index (χ2n) is 10.1. The Bertz CT molecular complexity index is 1580. The number of benzene rings is 3. The van der Waals surface area contributed by atoms with Crippen LogP contribution >= 0.6 is 0 Å². The number of carbonyl (C=O) groups is 4. The summed E-state index contributed by atoms with van der Waals surface area (Å²) in [6.45, 7) is 1.06. The molecule has 5 rings (SSSR count). The Kier molecular flexibility index (Phi) is 8.11. The predicted molar refractivity (Wildman–Crippen MR) is 152 cm³/mol. The zero-order chi connectivity index (χ0) is 30.8. The largest absolute Gasteiger partial charge is 0.497 e.